The average molecular weight is 329 g/mol. The monoisotopic (exact) mass is 329 g/mol. The van der Waals surface area contributed by atoms with E-state index < -0.39 is 0 Å². The third-order valence-corrected chi connectivity index (χ3v) is 3.62. The molecule has 1 heterocycles. The van der Waals surface area contributed by atoms with Gasteiger partial charge in [0.25, 0.3) is 5.91 Å². The van der Waals surface area contributed by atoms with Crippen LogP contribution in [-0.2, 0) is 16.0 Å². The minimum atomic E-state index is -0.305. The number of carbonyl (C=O) groups is 2. The predicted molar refractivity (Wildman–Crippen MR) is 92.5 cm³/mol. The Hall–Kier alpha value is -2.76. The molecule has 0 bridgehead atoms. The Kier molecular flexibility index (Phi) is 6.01. The van der Waals surface area contributed by atoms with Crippen molar-refractivity contribution in [2.75, 3.05) is 11.9 Å². The molecule has 6 nitrogen and oxygen atoms in total. The highest BCUT2D eigenvalue weighted by Crippen LogP contribution is 2.21. The molecule has 0 unspecified atom stereocenters. The van der Waals surface area contributed by atoms with E-state index in [2.05, 4.69) is 28.3 Å². The van der Waals surface area contributed by atoms with Crippen molar-refractivity contribution in [1.29, 1.82) is 0 Å². The summed E-state index contributed by atoms with van der Waals surface area (Å²) in [5.74, 6) is 0.173. The number of aryl methyl sites for hydroxylation is 4. The number of amides is 2. The zero-order valence-electron chi connectivity index (χ0n) is 14.2. The van der Waals surface area contributed by atoms with Gasteiger partial charge in [-0.25, -0.2) is 0 Å². The fourth-order valence-electron chi connectivity index (χ4n) is 2.57. The van der Waals surface area contributed by atoms with Gasteiger partial charge in [0.1, 0.15) is 5.76 Å². The number of furan rings is 1. The molecule has 0 spiro atoms. The quantitative estimate of drug-likeness (QED) is 0.711. The molecule has 0 atom stereocenters. The Morgan fingerprint density at radius 2 is 1.71 bits per heavy atom. The second-order valence-electron chi connectivity index (χ2n) is 5.80. The normalized spacial score (nSPS) is 10.3. The summed E-state index contributed by atoms with van der Waals surface area (Å²) >= 11 is 0. The maximum atomic E-state index is 11.8. The van der Waals surface area contributed by atoms with Gasteiger partial charge >= 0.3 is 0 Å². The van der Waals surface area contributed by atoms with E-state index in [1.807, 2.05) is 26.8 Å². The molecular formula is C18H23N3O3. The molecule has 128 valence electrons. The first kappa shape index (κ1) is 17.6. The summed E-state index contributed by atoms with van der Waals surface area (Å²) in [6, 6.07) is 7.70. The Morgan fingerprint density at radius 1 is 1.04 bits per heavy atom. The summed E-state index contributed by atoms with van der Waals surface area (Å²) in [5, 5.41) is 3.11. The number of hydrogen-bond donors (Lipinski definition) is 3. The van der Waals surface area contributed by atoms with Crippen molar-refractivity contribution in [1.82, 2.24) is 10.9 Å². The molecule has 1 aromatic heterocycles. The van der Waals surface area contributed by atoms with E-state index in [0.29, 0.717) is 6.42 Å². The van der Waals surface area contributed by atoms with E-state index in [9.17, 15) is 9.59 Å². The summed E-state index contributed by atoms with van der Waals surface area (Å²) in [6.45, 7) is 6.12. The molecule has 6 heteroatoms. The van der Waals surface area contributed by atoms with E-state index in [1.54, 1.807) is 12.3 Å². The van der Waals surface area contributed by atoms with Crippen LogP contribution in [0.25, 0.3) is 0 Å². The van der Waals surface area contributed by atoms with Crippen molar-refractivity contribution in [3.63, 3.8) is 0 Å². The van der Waals surface area contributed by atoms with Gasteiger partial charge in [0.05, 0.1) is 12.8 Å². The van der Waals surface area contributed by atoms with Crippen LogP contribution in [0.1, 0.15) is 28.9 Å². The average Bonchev–Trinajstić information content (AvgIpc) is 3.03. The van der Waals surface area contributed by atoms with Gasteiger partial charge in [-0.15, -0.1) is 0 Å². The second kappa shape index (κ2) is 8.19. The van der Waals surface area contributed by atoms with Crippen molar-refractivity contribution >= 4 is 17.5 Å². The molecule has 0 aliphatic rings. The fraction of sp³-hybridized carbons (Fsp3) is 0.333. The molecule has 0 saturated carbocycles. The Balaban J connectivity index is 1.72. The van der Waals surface area contributed by atoms with Crippen LogP contribution in [0.2, 0.25) is 0 Å². The maximum absolute atomic E-state index is 11.8. The topological polar surface area (TPSA) is 83.4 Å². The number of hydrogen-bond acceptors (Lipinski definition) is 4. The Bertz CT molecular complexity index is 685. The van der Waals surface area contributed by atoms with E-state index in [0.717, 1.165) is 22.6 Å². The first-order valence-corrected chi connectivity index (χ1v) is 7.87. The summed E-state index contributed by atoms with van der Waals surface area (Å²) in [6.07, 6.45) is 2.31. The van der Waals surface area contributed by atoms with Gasteiger partial charge < -0.3 is 9.73 Å². The van der Waals surface area contributed by atoms with Crippen LogP contribution < -0.4 is 16.2 Å². The van der Waals surface area contributed by atoms with E-state index in [4.69, 9.17) is 4.42 Å². The molecule has 2 aromatic rings. The van der Waals surface area contributed by atoms with Crippen molar-refractivity contribution in [2.24, 2.45) is 0 Å². The molecule has 0 saturated heterocycles. The van der Waals surface area contributed by atoms with Crippen LogP contribution in [0.3, 0.4) is 0 Å². The highest BCUT2D eigenvalue weighted by atomic mass is 16.3. The second-order valence-corrected chi connectivity index (χ2v) is 5.80. The largest absolute Gasteiger partial charge is 0.469 e. The molecule has 24 heavy (non-hydrogen) atoms. The fourth-order valence-corrected chi connectivity index (χ4v) is 2.57. The summed E-state index contributed by atoms with van der Waals surface area (Å²) in [7, 11) is 0. The van der Waals surface area contributed by atoms with Crippen LogP contribution in [0.15, 0.2) is 34.9 Å². The number of anilines is 1. The number of rotatable bonds is 6. The predicted octanol–water partition coefficient (Wildman–Crippen LogP) is 2.40. The maximum Gasteiger partial charge on any atom is 0.257 e. The standard InChI is InChI=1S/C18H23N3O3/c1-12-9-13(2)18(14(3)10-12)19-11-17(23)21-20-16(22)7-6-15-5-4-8-24-15/h4-5,8-10,19H,6-7,11H2,1-3H3,(H,20,22)(H,21,23). The minimum Gasteiger partial charge on any atom is -0.469 e. The van der Waals surface area contributed by atoms with Crippen molar-refractivity contribution < 1.29 is 14.0 Å². The summed E-state index contributed by atoms with van der Waals surface area (Å²) < 4.78 is 5.15. The molecule has 0 radical (unpaired) electrons. The third-order valence-electron chi connectivity index (χ3n) is 3.62. The van der Waals surface area contributed by atoms with Gasteiger partial charge in [0.2, 0.25) is 5.91 Å². The van der Waals surface area contributed by atoms with Gasteiger partial charge in [-0.1, -0.05) is 17.7 Å². The highest BCUT2D eigenvalue weighted by Gasteiger charge is 2.08. The minimum absolute atomic E-state index is 0.0865. The lowest BCUT2D eigenvalue weighted by atomic mass is 10.1. The van der Waals surface area contributed by atoms with Gasteiger partial charge in [-0.3, -0.25) is 20.4 Å². The molecule has 1 aromatic carbocycles. The zero-order valence-corrected chi connectivity index (χ0v) is 14.2. The van der Waals surface area contributed by atoms with Crippen LogP contribution >= 0.6 is 0 Å². The number of benzene rings is 1. The highest BCUT2D eigenvalue weighted by molar-refractivity contribution is 5.84. The number of nitrogens with one attached hydrogen (secondary N) is 3. The van der Waals surface area contributed by atoms with Gasteiger partial charge in [0, 0.05) is 18.5 Å². The molecule has 2 amide bonds. The molecule has 0 aliphatic carbocycles. The first-order valence-electron chi connectivity index (χ1n) is 7.87. The summed E-state index contributed by atoms with van der Waals surface area (Å²) in [5.41, 5.74) is 9.10. The number of hydrazine groups is 1. The Morgan fingerprint density at radius 3 is 2.33 bits per heavy atom. The smallest absolute Gasteiger partial charge is 0.257 e. The van der Waals surface area contributed by atoms with E-state index in [-0.39, 0.29) is 24.8 Å². The lowest BCUT2D eigenvalue weighted by Gasteiger charge is -2.14. The number of carbonyl (C=O) groups excluding carboxylic acids is 2. The molecule has 2 rings (SSSR count). The lowest BCUT2D eigenvalue weighted by Crippen LogP contribution is -2.44. The third kappa shape index (κ3) is 5.15. The SMILES string of the molecule is Cc1cc(C)c(NCC(=O)NNC(=O)CCc2ccco2)c(C)c1. The van der Waals surface area contributed by atoms with Crippen molar-refractivity contribution in [3.05, 3.63) is 53.0 Å². The zero-order chi connectivity index (χ0) is 17.5. The van der Waals surface area contributed by atoms with Crippen LogP contribution in [0.4, 0.5) is 5.69 Å². The molecule has 3 N–H and O–H groups in total. The van der Waals surface area contributed by atoms with Crippen LogP contribution in [-0.4, -0.2) is 18.4 Å². The van der Waals surface area contributed by atoms with Crippen molar-refractivity contribution in [2.45, 2.75) is 33.6 Å². The van der Waals surface area contributed by atoms with Gasteiger partial charge in [-0.2, -0.15) is 0 Å². The molecule has 0 fully saturated rings. The Labute approximate surface area is 141 Å². The van der Waals surface area contributed by atoms with Crippen LogP contribution in [0.5, 0.6) is 0 Å². The van der Waals surface area contributed by atoms with E-state index >= 15 is 0 Å². The van der Waals surface area contributed by atoms with Crippen molar-refractivity contribution in [3.8, 4) is 0 Å². The van der Waals surface area contributed by atoms with Gasteiger partial charge in [-0.05, 0) is 44.0 Å². The van der Waals surface area contributed by atoms with Crippen LogP contribution in [0, 0.1) is 20.8 Å². The molecular weight excluding hydrogens is 306 g/mol. The van der Waals surface area contributed by atoms with Gasteiger partial charge in [0.15, 0.2) is 0 Å². The van der Waals surface area contributed by atoms with E-state index in [1.165, 1.54) is 5.56 Å². The summed E-state index contributed by atoms with van der Waals surface area (Å²) in [4.78, 5) is 23.5. The molecule has 0 aliphatic heterocycles. The lowest BCUT2D eigenvalue weighted by molar-refractivity contribution is -0.128. The first-order chi connectivity index (χ1) is 11.5.